The molecule has 2 aromatic carbocycles. The molecule has 2 heterocycles. The summed E-state index contributed by atoms with van der Waals surface area (Å²) in [6.07, 6.45) is 4.86. The van der Waals surface area contributed by atoms with Crippen LogP contribution >= 0.6 is 11.6 Å². The number of aromatic nitrogens is 2. The Morgan fingerprint density at radius 3 is 2.66 bits per heavy atom. The molecule has 194 valence electrons. The molecule has 4 rings (SSSR count). The predicted molar refractivity (Wildman–Crippen MR) is 149 cm³/mol. The summed E-state index contributed by atoms with van der Waals surface area (Å²) in [5.74, 6) is 0.147. The van der Waals surface area contributed by atoms with Crippen molar-refractivity contribution in [2.24, 2.45) is 5.73 Å². The third kappa shape index (κ3) is 6.94. The van der Waals surface area contributed by atoms with Crippen molar-refractivity contribution in [3.05, 3.63) is 76.6 Å². The molecule has 5 N–H and O–H groups in total. The highest BCUT2D eigenvalue weighted by molar-refractivity contribution is 6.30. The summed E-state index contributed by atoms with van der Waals surface area (Å²) in [6.45, 7) is 2.22. The number of rotatable bonds is 12. The molecule has 0 saturated carbocycles. The lowest BCUT2D eigenvalue weighted by Gasteiger charge is -2.12. The Kier molecular flexibility index (Phi) is 9.03. The monoisotopic (exact) mass is 529 g/mol. The molecule has 9 nitrogen and oxygen atoms in total. The van der Waals surface area contributed by atoms with E-state index >= 15 is 0 Å². The number of benzene rings is 2. The van der Waals surface area contributed by atoms with Crippen LogP contribution in [0.25, 0.3) is 21.7 Å². The van der Waals surface area contributed by atoms with Crippen molar-refractivity contribution >= 4 is 50.9 Å². The molecular weight excluding hydrogens is 502 g/mol. The molecule has 0 fully saturated rings. The second-order valence-electron chi connectivity index (χ2n) is 8.84. The van der Waals surface area contributed by atoms with E-state index in [9.17, 15) is 9.59 Å². The van der Waals surface area contributed by atoms with Crippen molar-refractivity contribution < 1.29 is 9.59 Å². The molecule has 38 heavy (non-hydrogen) atoms. The molecule has 0 aliphatic rings. The maximum atomic E-state index is 12.2. The van der Waals surface area contributed by atoms with Gasteiger partial charge in [-0.05, 0) is 47.9 Å². The second-order valence-corrected chi connectivity index (χ2v) is 9.27. The fourth-order valence-electron chi connectivity index (χ4n) is 4.19. The van der Waals surface area contributed by atoms with Gasteiger partial charge in [-0.15, -0.1) is 0 Å². The number of primary amides is 1. The second kappa shape index (κ2) is 12.8. The highest BCUT2D eigenvalue weighted by atomic mass is 35.5. The largest absolute Gasteiger partial charge is 0.369 e. The fraction of sp³-hybridized carbons (Fsp3) is 0.250. The first kappa shape index (κ1) is 26.8. The van der Waals surface area contributed by atoms with Crippen LogP contribution in [-0.2, 0) is 17.8 Å². The van der Waals surface area contributed by atoms with Gasteiger partial charge in [0.2, 0.25) is 11.8 Å². The number of halogens is 1. The molecule has 0 atom stereocenters. The van der Waals surface area contributed by atoms with Gasteiger partial charge in [0, 0.05) is 71.7 Å². The third-order valence-corrected chi connectivity index (χ3v) is 6.23. The first-order valence-electron chi connectivity index (χ1n) is 12.3. The van der Waals surface area contributed by atoms with Crippen molar-refractivity contribution in [2.45, 2.75) is 25.8 Å². The average Bonchev–Trinajstić information content (AvgIpc) is 2.90. The summed E-state index contributed by atoms with van der Waals surface area (Å²) in [7, 11) is 0. The molecule has 0 saturated heterocycles. The summed E-state index contributed by atoms with van der Waals surface area (Å²) < 4.78 is 0. The number of hydrogen-bond acceptors (Lipinski definition) is 7. The van der Waals surface area contributed by atoms with E-state index in [2.05, 4.69) is 27.0 Å². The zero-order valence-electron chi connectivity index (χ0n) is 20.8. The third-order valence-electron chi connectivity index (χ3n) is 6.01. The topological polar surface area (TPSA) is 146 Å². The molecule has 4 aromatic rings. The molecule has 0 bridgehead atoms. The van der Waals surface area contributed by atoms with Crippen LogP contribution in [0.3, 0.4) is 0 Å². The van der Waals surface area contributed by atoms with Crippen LogP contribution in [0.5, 0.6) is 0 Å². The van der Waals surface area contributed by atoms with E-state index in [1.807, 2.05) is 24.3 Å². The minimum Gasteiger partial charge on any atom is -0.369 e. The summed E-state index contributed by atoms with van der Waals surface area (Å²) in [5, 5.41) is 21.7. The number of carbonyl (C=O) groups is 2. The van der Waals surface area contributed by atoms with Gasteiger partial charge in [-0.25, -0.2) is 4.98 Å². The Labute approximate surface area is 225 Å². The molecular formula is C28H28ClN7O2. The van der Waals surface area contributed by atoms with Gasteiger partial charge in [0.05, 0.1) is 18.0 Å². The Hall–Kier alpha value is -4.26. The Bertz CT molecular complexity index is 1520. The SMILES string of the molecule is N#CCc1cc(Cl)cc(CNCCC(=O)NCCCNc2nc3cc(C(N)=O)ccc3c3cnccc23)c1. The number of amides is 2. The summed E-state index contributed by atoms with van der Waals surface area (Å²) in [4.78, 5) is 32.7. The zero-order chi connectivity index (χ0) is 26.9. The molecule has 0 aliphatic carbocycles. The standard InChI is InChI=1S/C28H28ClN7O2/c29-21-13-18(4-7-30)12-19(14-21)16-32-11-6-26(37)34-8-1-9-35-28-23-5-10-33-17-24(23)22-3-2-20(27(31)38)15-25(22)36-28/h2-3,5,10,12-15,17,32H,1,4,6,8-9,11,16H2,(H2,31,38)(H,34,37)(H,35,36). The number of anilines is 1. The van der Waals surface area contributed by atoms with Crippen molar-refractivity contribution in [2.75, 3.05) is 25.0 Å². The normalized spacial score (nSPS) is 10.8. The number of carbonyl (C=O) groups excluding carboxylic acids is 2. The number of hydrogen-bond donors (Lipinski definition) is 4. The maximum absolute atomic E-state index is 12.2. The smallest absolute Gasteiger partial charge is 0.248 e. The van der Waals surface area contributed by atoms with Crippen LogP contribution in [0.2, 0.25) is 5.02 Å². The minimum absolute atomic E-state index is 0.0342. The highest BCUT2D eigenvalue weighted by Crippen LogP contribution is 2.29. The van der Waals surface area contributed by atoms with Gasteiger partial charge < -0.3 is 21.7 Å². The summed E-state index contributed by atoms with van der Waals surface area (Å²) in [6, 6.07) is 14.8. The van der Waals surface area contributed by atoms with Crippen LogP contribution in [0.15, 0.2) is 54.9 Å². The average molecular weight is 530 g/mol. The lowest BCUT2D eigenvalue weighted by atomic mass is 10.1. The number of nitrogens with one attached hydrogen (secondary N) is 3. The van der Waals surface area contributed by atoms with Gasteiger partial charge in [-0.2, -0.15) is 5.26 Å². The van der Waals surface area contributed by atoms with Gasteiger partial charge in [0.25, 0.3) is 0 Å². The van der Waals surface area contributed by atoms with Crippen LogP contribution in [0.1, 0.15) is 34.3 Å². The van der Waals surface area contributed by atoms with Gasteiger partial charge >= 0.3 is 0 Å². The molecule has 0 spiro atoms. The minimum atomic E-state index is -0.505. The summed E-state index contributed by atoms with van der Waals surface area (Å²) in [5.41, 5.74) is 8.34. The van der Waals surface area contributed by atoms with E-state index in [0.29, 0.717) is 67.4 Å². The van der Waals surface area contributed by atoms with Crippen molar-refractivity contribution in [1.82, 2.24) is 20.6 Å². The molecule has 10 heteroatoms. The predicted octanol–water partition coefficient (Wildman–Crippen LogP) is 3.70. The highest BCUT2D eigenvalue weighted by Gasteiger charge is 2.11. The van der Waals surface area contributed by atoms with Crippen LogP contribution in [0, 0.1) is 11.3 Å². The quantitative estimate of drug-likeness (QED) is 0.162. The number of nitriles is 1. The Balaban J connectivity index is 1.23. The van der Waals surface area contributed by atoms with Gasteiger partial charge in [0.15, 0.2) is 0 Å². The summed E-state index contributed by atoms with van der Waals surface area (Å²) >= 11 is 6.11. The molecule has 0 unspecified atom stereocenters. The first-order valence-corrected chi connectivity index (χ1v) is 12.7. The first-order chi connectivity index (χ1) is 18.4. The van der Waals surface area contributed by atoms with E-state index in [1.165, 1.54) is 0 Å². The number of pyridine rings is 2. The van der Waals surface area contributed by atoms with Crippen LogP contribution in [-0.4, -0.2) is 41.4 Å². The van der Waals surface area contributed by atoms with Gasteiger partial charge in [-0.1, -0.05) is 23.7 Å². The van der Waals surface area contributed by atoms with Gasteiger partial charge in [0.1, 0.15) is 5.82 Å². The van der Waals surface area contributed by atoms with Gasteiger partial charge in [-0.3, -0.25) is 14.6 Å². The van der Waals surface area contributed by atoms with Crippen molar-refractivity contribution in [3.63, 3.8) is 0 Å². The molecule has 2 amide bonds. The molecule has 0 aliphatic heterocycles. The lowest BCUT2D eigenvalue weighted by Crippen LogP contribution is -2.29. The van der Waals surface area contributed by atoms with E-state index in [-0.39, 0.29) is 5.91 Å². The van der Waals surface area contributed by atoms with E-state index < -0.39 is 5.91 Å². The Morgan fingerprint density at radius 1 is 1.00 bits per heavy atom. The van der Waals surface area contributed by atoms with E-state index in [0.717, 1.165) is 27.3 Å². The van der Waals surface area contributed by atoms with E-state index in [4.69, 9.17) is 27.6 Å². The fourth-order valence-corrected chi connectivity index (χ4v) is 4.48. The number of fused-ring (bicyclic) bond motifs is 3. The zero-order valence-corrected chi connectivity index (χ0v) is 21.5. The molecule has 2 aromatic heterocycles. The molecule has 0 radical (unpaired) electrons. The van der Waals surface area contributed by atoms with Crippen LogP contribution < -0.4 is 21.7 Å². The van der Waals surface area contributed by atoms with E-state index in [1.54, 1.807) is 30.6 Å². The van der Waals surface area contributed by atoms with Crippen LogP contribution in [0.4, 0.5) is 5.82 Å². The van der Waals surface area contributed by atoms with Crippen molar-refractivity contribution in [1.29, 1.82) is 5.26 Å². The maximum Gasteiger partial charge on any atom is 0.248 e. The number of nitrogens with two attached hydrogens (primary N) is 1. The lowest BCUT2D eigenvalue weighted by molar-refractivity contribution is -0.121. The Morgan fingerprint density at radius 2 is 1.84 bits per heavy atom. The number of nitrogens with zero attached hydrogens (tertiary/aromatic N) is 3. The van der Waals surface area contributed by atoms with Crippen molar-refractivity contribution in [3.8, 4) is 6.07 Å².